The van der Waals surface area contributed by atoms with E-state index in [0.29, 0.717) is 36.8 Å². The molecular formula is C28H30N4O4. The summed E-state index contributed by atoms with van der Waals surface area (Å²) in [6.07, 6.45) is 0. The Kier molecular flexibility index (Phi) is 6.88. The monoisotopic (exact) mass is 486 g/mol. The van der Waals surface area contributed by atoms with Crippen molar-refractivity contribution in [2.75, 3.05) is 37.6 Å². The Morgan fingerprint density at radius 1 is 0.972 bits per heavy atom. The van der Waals surface area contributed by atoms with Crippen molar-refractivity contribution in [3.05, 3.63) is 84.4 Å². The molecule has 2 amide bonds. The summed E-state index contributed by atoms with van der Waals surface area (Å²) < 4.78 is 10.7. The van der Waals surface area contributed by atoms with Crippen molar-refractivity contribution < 1.29 is 19.1 Å². The van der Waals surface area contributed by atoms with Gasteiger partial charge in [-0.2, -0.15) is 0 Å². The van der Waals surface area contributed by atoms with Gasteiger partial charge >= 0.3 is 0 Å². The molecule has 8 nitrogen and oxygen atoms in total. The topological polar surface area (TPSA) is 83.1 Å². The number of benzene rings is 3. The third-order valence-corrected chi connectivity index (χ3v) is 6.86. The lowest BCUT2D eigenvalue weighted by atomic mass is 9.83. The summed E-state index contributed by atoms with van der Waals surface area (Å²) in [6.45, 7) is 1.76. The molecule has 0 spiro atoms. The summed E-state index contributed by atoms with van der Waals surface area (Å²) in [6, 6.07) is 24.5. The lowest BCUT2D eigenvalue weighted by Crippen LogP contribution is -2.55. The molecule has 8 heteroatoms. The van der Waals surface area contributed by atoms with E-state index in [4.69, 9.17) is 9.47 Å². The Morgan fingerprint density at radius 3 is 2.39 bits per heavy atom. The first-order valence-corrected chi connectivity index (χ1v) is 12.0. The van der Waals surface area contributed by atoms with Crippen molar-refractivity contribution in [1.29, 1.82) is 0 Å². The molecule has 186 valence electrons. The van der Waals surface area contributed by atoms with Crippen molar-refractivity contribution in [3.63, 3.8) is 0 Å². The second-order valence-corrected chi connectivity index (χ2v) is 9.11. The van der Waals surface area contributed by atoms with E-state index < -0.39 is 5.92 Å². The third-order valence-electron chi connectivity index (χ3n) is 6.86. The molecule has 2 heterocycles. The van der Waals surface area contributed by atoms with Crippen LogP contribution in [0.5, 0.6) is 11.5 Å². The summed E-state index contributed by atoms with van der Waals surface area (Å²) in [4.78, 5) is 29.4. The maximum atomic E-state index is 13.7. The van der Waals surface area contributed by atoms with Crippen LogP contribution in [0.3, 0.4) is 0 Å². The van der Waals surface area contributed by atoms with Crippen LogP contribution in [0, 0.1) is 11.8 Å². The van der Waals surface area contributed by atoms with Crippen molar-refractivity contribution in [2.24, 2.45) is 11.8 Å². The Labute approximate surface area is 210 Å². The maximum absolute atomic E-state index is 13.7. The fourth-order valence-corrected chi connectivity index (χ4v) is 5.05. The van der Waals surface area contributed by atoms with E-state index >= 15 is 0 Å². The lowest BCUT2D eigenvalue weighted by Gasteiger charge is -2.38. The quantitative estimate of drug-likeness (QED) is 0.533. The average Bonchev–Trinajstić information content (AvgIpc) is 3.25. The molecule has 5 rings (SSSR count). The van der Waals surface area contributed by atoms with Gasteiger partial charge in [0.25, 0.3) is 0 Å². The van der Waals surface area contributed by atoms with Gasteiger partial charge in [-0.1, -0.05) is 48.5 Å². The van der Waals surface area contributed by atoms with Crippen LogP contribution in [0.4, 0.5) is 11.4 Å². The molecule has 2 saturated heterocycles. The van der Waals surface area contributed by atoms with E-state index in [-0.39, 0.29) is 23.8 Å². The number of carbonyl (C=O) groups excluding carboxylic acids is 2. The lowest BCUT2D eigenvalue weighted by molar-refractivity contribution is -0.126. The molecule has 3 unspecified atom stereocenters. The van der Waals surface area contributed by atoms with E-state index in [1.54, 1.807) is 37.4 Å². The average molecular weight is 487 g/mol. The van der Waals surface area contributed by atoms with Crippen LogP contribution in [-0.2, 0) is 16.1 Å². The molecule has 3 aromatic rings. The molecule has 0 radical (unpaired) electrons. The van der Waals surface area contributed by atoms with Gasteiger partial charge in [0.2, 0.25) is 11.8 Å². The summed E-state index contributed by atoms with van der Waals surface area (Å²) in [5.41, 5.74) is 5.82. The zero-order valence-electron chi connectivity index (χ0n) is 20.4. The van der Waals surface area contributed by atoms with Crippen molar-refractivity contribution in [3.8, 4) is 11.5 Å². The molecule has 2 aliphatic rings. The van der Waals surface area contributed by atoms with Gasteiger partial charge in [0.05, 0.1) is 43.5 Å². The van der Waals surface area contributed by atoms with Crippen LogP contribution in [0.2, 0.25) is 0 Å². The van der Waals surface area contributed by atoms with E-state index in [1.807, 2.05) is 48.5 Å². The molecule has 3 atom stereocenters. The number of carbonyl (C=O) groups is 2. The number of hydrazine groups is 1. The fourth-order valence-electron chi connectivity index (χ4n) is 5.05. The smallest absolute Gasteiger partial charge is 0.247 e. The van der Waals surface area contributed by atoms with Gasteiger partial charge in [0, 0.05) is 25.7 Å². The molecule has 2 aliphatic heterocycles. The van der Waals surface area contributed by atoms with Crippen molar-refractivity contribution in [2.45, 2.75) is 12.6 Å². The SMILES string of the molecule is COc1ccc(NC(=O)C2CN(Cc3ccccc3)CC3C(=O)N(c4ccccc4)NC23)c(OC)c1. The third kappa shape index (κ3) is 4.78. The van der Waals surface area contributed by atoms with Crippen molar-refractivity contribution >= 4 is 23.2 Å². The molecule has 3 aromatic carbocycles. The molecular weight excluding hydrogens is 456 g/mol. The van der Waals surface area contributed by atoms with Crippen LogP contribution in [0.1, 0.15) is 5.56 Å². The van der Waals surface area contributed by atoms with Crippen LogP contribution < -0.4 is 25.2 Å². The largest absolute Gasteiger partial charge is 0.497 e. The van der Waals surface area contributed by atoms with Gasteiger partial charge in [-0.3, -0.25) is 14.5 Å². The van der Waals surface area contributed by atoms with Gasteiger partial charge in [0.15, 0.2) is 0 Å². The minimum absolute atomic E-state index is 0.0243. The molecule has 0 saturated carbocycles. The number of ether oxygens (including phenoxy) is 2. The second-order valence-electron chi connectivity index (χ2n) is 9.11. The second kappa shape index (κ2) is 10.4. The van der Waals surface area contributed by atoms with Gasteiger partial charge in [-0.25, -0.2) is 10.4 Å². The van der Waals surface area contributed by atoms with Crippen LogP contribution in [-0.4, -0.2) is 50.1 Å². The Morgan fingerprint density at radius 2 is 1.69 bits per heavy atom. The number of anilines is 2. The number of nitrogens with one attached hydrogen (secondary N) is 2. The van der Waals surface area contributed by atoms with Gasteiger partial charge in [-0.05, 0) is 29.8 Å². The Balaban J connectivity index is 1.42. The zero-order chi connectivity index (χ0) is 25.1. The summed E-state index contributed by atoms with van der Waals surface area (Å²) in [5.74, 6) is 0.147. The number of rotatable bonds is 7. The summed E-state index contributed by atoms with van der Waals surface area (Å²) >= 11 is 0. The molecule has 0 bridgehead atoms. The predicted molar refractivity (Wildman–Crippen MR) is 138 cm³/mol. The highest BCUT2D eigenvalue weighted by Crippen LogP contribution is 2.34. The number of methoxy groups -OCH3 is 2. The molecule has 0 aromatic heterocycles. The first kappa shape index (κ1) is 23.8. The molecule has 36 heavy (non-hydrogen) atoms. The van der Waals surface area contributed by atoms with Crippen LogP contribution in [0.25, 0.3) is 0 Å². The molecule has 2 N–H and O–H groups in total. The Hall–Kier alpha value is -3.88. The van der Waals surface area contributed by atoms with Gasteiger partial charge in [-0.15, -0.1) is 0 Å². The number of amides is 2. The van der Waals surface area contributed by atoms with E-state index in [2.05, 4.69) is 27.8 Å². The number of hydrogen-bond donors (Lipinski definition) is 2. The maximum Gasteiger partial charge on any atom is 0.247 e. The number of fused-ring (bicyclic) bond motifs is 1. The first-order valence-electron chi connectivity index (χ1n) is 12.0. The predicted octanol–water partition coefficient (Wildman–Crippen LogP) is 3.31. The standard InChI is InChI=1S/C28H30N4O4/c1-35-21-13-14-24(25(15-21)36-2)29-27(33)22-17-31(16-19-9-5-3-6-10-19)18-23-26(22)30-32(28(23)34)20-11-7-4-8-12-20/h3-15,22-23,26,30H,16-18H2,1-2H3,(H,29,33). The fraction of sp³-hybridized carbons (Fsp3) is 0.286. The number of nitrogens with zero attached hydrogens (tertiary/aromatic N) is 2. The molecule has 2 fully saturated rings. The normalized spacial score (nSPS) is 21.7. The highest BCUT2D eigenvalue weighted by Gasteiger charge is 2.50. The van der Waals surface area contributed by atoms with E-state index in [0.717, 1.165) is 11.3 Å². The minimum Gasteiger partial charge on any atom is -0.497 e. The van der Waals surface area contributed by atoms with Gasteiger partial charge in [0.1, 0.15) is 11.5 Å². The first-order chi connectivity index (χ1) is 17.6. The molecule has 0 aliphatic carbocycles. The number of likely N-dealkylation sites (tertiary alicyclic amines) is 1. The summed E-state index contributed by atoms with van der Waals surface area (Å²) in [7, 11) is 3.13. The zero-order valence-corrected chi connectivity index (χ0v) is 20.4. The summed E-state index contributed by atoms with van der Waals surface area (Å²) in [5, 5.41) is 4.63. The number of piperidine rings is 1. The Bertz CT molecular complexity index is 1220. The van der Waals surface area contributed by atoms with E-state index in [9.17, 15) is 9.59 Å². The van der Waals surface area contributed by atoms with E-state index in [1.165, 1.54) is 0 Å². The highest BCUT2D eigenvalue weighted by molar-refractivity contribution is 6.00. The highest BCUT2D eigenvalue weighted by atomic mass is 16.5. The number of para-hydroxylation sites is 1. The van der Waals surface area contributed by atoms with Crippen LogP contribution in [0.15, 0.2) is 78.9 Å². The van der Waals surface area contributed by atoms with Gasteiger partial charge < -0.3 is 14.8 Å². The minimum atomic E-state index is -0.461. The van der Waals surface area contributed by atoms with Crippen molar-refractivity contribution in [1.82, 2.24) is 10.3 Å². The van der Waals surface area contributed by atoms with Crippen LogP contribution >= 0.6 is 0 Å². The number of hydrogen-bond acceptors (Lipinski definition) is 6.